The molecule has 1 aliphatic carbocycles. The highest BCUT2D eigenvalue weighted by Crippen LogP contribution is 2.48. The summed E-state index contributed by atoms with van der Waals surface area (Å²) in [5.41, 5.74) is 10.2. The Labute approximate surface area is 201 Å². The van der Waals surface area contributed by atoms with E-state index in [9.17, 15) is 4.79 Å². The van der Waals surface area contributed by atoms with Crippen molar-refractivity contribution in [3.05, 3.63) is 71.3 Å². The molecular weight excluding hydrogens is 446 g/mol. The molecule has 35 heavy (non-hydrogen) atoms. The highest BCUT2D eigenvalue weighted by Gasteiger charge is 2.40. The lowest BCUT2D eigenvalue weighted by Gasteiger charge is -2.32. The third-order valence-corrected chi connectivity index (χ3v) is 6.54. The Bertz CT molecular complexity index is 1520. The number of benzene rings is 2. The number of carbonyl (C=O) groups is 1. The number of carbonyl (C=O) groups excluding carboxylic acids is 1. The highest BCUT2D eigenvalue weighted by atomic mass is 16.5. The van der Waals surface area contributed by atoms with E-state index in [-0.39, 0.29) is 5.78 Å². The summed E-state index contributed by atoms with van der Waals surface area (Å²) in [6.45, 7) is 0. The average Bonchev–Trinajstić information content (AvgIpc) is 3.32. The van der Waals surface area contributed by atoms with Gasteiger partial charge in [0.2, 0.25) is 5.88 Å². The normalized spacial score (nSPS) is 17.1. The van der Waals surface area contributed by atoms with Gasteiger partial charge in [0.25, 0.3) is 0 Å². The molecule has 0 radical (unpaired) electrons. The SMILES string of the molecule is COc1ccc(C2C3=C(CCCC3=O)Oc3ncn4nc(-c5ccccc5N)nc4c32)cc1OC. The number of nitrogens with zero attached hydrogens (tertiary/aromatic N) is 4. The first-order valence-corrected chi connectivity index (χ1v) is 11.3. The van der Waals surface area contributed by atoms with Crippen molar-refractivity contribution in [2.75, 3.05) is 20.0 Å². The third-order valence-electron chi connectivity index (χ3n) is 6.54. The van der Waals surface area contributed by atoms with Crippen molar-refractivity contribution in [3.63, 3.8) is 0 Å². The topological polar surface area (TPSA) is 114 Å². The molecule has 176 valence electrons. The second kappa shape index (κ2) is 8.12. The molecule has 1 unspecified atom stereocenters. The molecule has 0 spiro atoms. The zero-order valence-electron chi connectivity index (χ0n) is 19.3. The van der Waals surface area contributed by atoms with Gasteiger partial charge < -0.3 is 19.9 Å². The van der Waals surface area contributed by atoms with Crippen LogP contribution in [-0.2, 0) is 4.79 Å². The molecule has 4 aromatic rings. The predicted molar refractivity (Wildman–Crippen MR) is 129 cm³/mol. The van der Waals surface area contributed by atoms with Gasteiger partial charge in [-0.05, 0) is 36.2 Å². The Morgan fingerprint density at radius 2 is 1.91 bits per heavy atom. The molecule has 9 heteroatoms. The lowest BCUT2D eigenvalue weighted by Crippen LogP contribution is -2.26. The first-order chi connectivity index (χ1) is 17.1. The number of hydrogen-bond acceptors (Lipinski definition) is 8. The molecule has 2 aromatic carbocycles. The second-order valence-corrected chi connectivity index (χ2v) is 8.52. The molecule has 0 amide bonds. The van der Waals surface area contributed by atoms with Crippen molar-refractivity contribution in [3.8, 4) is 28.8 Å². The summed E-state index contributed by atoms with van der Waals surface area (Å²) in [7, 11) is 3.18. The number of fused-ring (bicyclic) bond motifs is 3. The molecule has 0 saturated carbocycles. The Morgan fingerprint density at radius 3 is 2.71 bits per heavy atom. The maximum absolute atomic E-state index is 13.2. The maximum Gasteiger partial charge on any atom is 0.228 e. The van der Waals surface area contributed by atoms with Gasteiger partial charge in [-0.15, -0.1) is 5.10 Å². The standard InChI is InChI=1S/C26H23N5O4/c1-33-18-11-10-14(12-20(18)34-2)21-22-17(32)8-5-9-19(22)35-26-23(21)25-29-24(30-31(25)13-28-26)15-6-3-4-7-16(15)27/h3-4,6-7,10-13,21H,5,8-9,27H2,1-2H3. The average molecular weight is 470 g/mol. The Hall–Kier alpha value is -4.40. The number of nitrogen functional groups attached to an aromatic ring is 1. The summed E-state index contributed by atoms with van der Waals surface area (Å²) < 4.78 is 18.8. The smallest absolute Gasteiger partial charge is 0.228 e. The number of rotatable bonds is 4. The van der Waals surface area contributed by atoms with Gasteiger partial charge in [-0.3, -0.25) is 4.79 Å². The van der Waals surface area contributed by atoms with Gasteiger partial charge in [-0.1, -0.05) is 18.2 Å². The minimum absolute atomic E-state index is 0.0609. The van der Waals surface area contributed by atoms with E-state index < -0.39 is 5.92 Å². The van der Waals surface area contributed by atoms with Crippen LogP contribution in [0.1, 0.15) is 36.3 Å². The number of Topliss-reactive ketones (excluding diaryl/α,β-unsaturated/α-hetero) is 1. The van der Waals surface area contributed by atoms with Crippen LogP contribution in [0.3, 0.4) is 0 Å². The summed E-state index contributed by atoms with van der Waals surface area (Å²) in [4.78, 5) is 22.6. The monoisotopic (exact) mass is 469 g/mol. The van der Waals surface area contributed by atoms with Gasteiger partial charge in [0.15, 0.2) is 28.8 Å². The van der Waals surface area contributed by atoms with Crippen molar-refractivity contribution in [2.24, 2.45) is 0 Å². The molecule has 1 atom stereocenters. The fraction of sp³-hybridized carbons (Fsp3) is 0.231. The van der Waals surface area contributed by atoms with Gasteiger partial charge in [0.1, 0.15) is 12.1 Å². The fourth-order valence-corrected chi connectivity index (χ4v) is 4.90. The molecule has 0 fully saturated rings. The maximum atomic E-state index is 13.2. The van der Waals surface area contributed by atoms with E-state index in [4.69, 9.17) is 24.9 Å². The molecule has 2 N–H and O–H groups in total. The number of ketones is 1. The van der Waals surface area contributed by atoms with Crippen LogP contribution in [0.5, 0.6) is 17.4 Å². The molecular formula is C26H23N5O4. The lowest BCUT2D eigenvalue weighted by atomic mass is 9.78. The molecule has 0 bridgehead atoms. The van der Waals surface area contributed by atoms with E-state index >= 15 is 0 Å². The quantitative estimate of drug-likeness (QED) is 0.448. The van der Waals surface area contributed by atoms with Gasteiger partial charge in [0.05, 0.1) is 25.7 Å². The van der Waals surface area contributed by atoms with Gasteiger partial charge in [-0.25, -0.2) is 14.5 Å². The fourth-order valence-electron chi connectivity index (χ4n) is 4.90. The van der Waals surface area contributed by atoms with E-state index in [2.05, 4.69) is 10.1 Å². The first-order valence-electron chi connectivity index (χ1n) is 11.3. The summed E-state index contributed by atoms with van der Waals surface area (Å²) in [6.07, 6.45) is 3.47. The number of anilines is 1. The van der Waals surface area contributed by atoms with Crippen molar-refractivity contribution in [1.82, 2.24) is 19.6 Å². The summed E-state index contributed by atoms with van der Waals surface area (Å²) in [5.74, 6) is 2.35. The Kier molecular flexibility index (Phi) is 4.91. The van der Waals surface area contributed by atoms with Gasteiger partial charge >= 0.3 is 0 Å². The molecule has 6 rings (SSSR count). The van der Waals surface area contributed by atoms with E-state index in [1.807, 2.05) is 42.5 Å². The van der Waals surface area contributed by atoms with Gasteiger partial charge in [0, 0.05) is 29.7 Å². The molecule has 3 heterocycles. The Morgan fingerprint density at radius 1 is 1.09 bits per heavy atom. The largest absolute Gasteiger partial charge is 0.493 e. The molecule has 2 aliphatic rings. The number of aromatic nitrogens is 4. The number of para-hydroxylation sites is 1. The summed E-state index contributed by atoms with van der Waals surface area (Å²) >= 11 is 0. The van der Waals surface area contributed by atoms with Crippen LogP contribution in [0, 0.1) is 0 Å². The number of ether oxygens (including phenoxy) is 3. The molecule has 1 aliphatic heterocycles. The van der Waals surface area contributed by atoms with Gasteiger partial charge in [-0.2, -0.15) is 0 Å². The van der Waals surface area contributed by atoms with Crippen LogP contribution in [-0.4, -0.2) is 39.6 Å². The number of methoxy groups -OCH3 is 2. The summed E-state index contributed by atoms with van der Waals surface area (Å²) in [5, 5.41) is 4.63. The zero-order chi connectivity index (χ0) is 24.1. The second-order valence-electron chi connectivity index (χ2n) is 8.52. The number of hydrogen-bond donors (Lipinski definition) is 1. The van der Waals surface area contributed by atoms with Crippen molar-refractivity contribution < 1.29 is 19.0 Å². The lowest BCUT2D eigenvalue weighted by molar-refractivity contribution is -0.116. The van der Waals surface area contributed by atoms with Crippen LogP contribution in [0.25, 0.3) is 17.0 Å². The molecule has 9 nitrogen and oxygen atoms in total. The van der Waals surface area contributed by atoms with Crippen LogP contribution >= 0.6 is 0 Å². The zero-order valence-corrected chi connectivity index (χ0v) is 19.3. The highest BCUT2D eigenvalue weighted by molar-refractivity contribution is 6.00. The predicted octanol–water partition coefficient (Wildman–Crippen LogP) is 3.92. The van der Waals surface area contributed by atoms with Crippen LogP contribution < -0.4 is 19.9 Å². The van der Waals surface area contributed by atoms with Crippen molar-refractivity contribution in [2.45, 2.75) is 25.2 Å². The van der Waals surface area contributed by atoms with E-state index in [1.165, 1.54) is 0 Å². The van der Waals surface area contributed by atoms with Crippen LogP contribution in [0.15, 0.2) is 60.1 Å². The minimum Gasteiger partial charge on any atom is -0.493 e. The molecule has 0 saturated heterocycles. The van der Waals surface area contributed by atoms with E-state index in [0.29, 0.717) is 64.3 Å². The minimum atomic E-state index is -0.442. The third kappa shape index (κ3) is 3.30. The number of nitrogens with two attached hydrogens (primary N) is 1. The van der Waals surface area contributed by atoms with E-state index in [0.717, 1.165) is 17.5 Å². The van der Waals surface area contributed by atoms with Crippen molar-refractivity contribution in [1.29, 1.82) is 0 Å². The van der Waals surface area contributed by atoms with Crippen LogP contribution in [0.2, 0.25) is 0 Å². The Balaban J connectivity index is 1.61. The number of allylic oxidation sites excluding steroid dienone is 2. The molecule has 2 aromatic heterocycles. The summed E-state index contributed by atoms with van der Waals surface area (Å²) in [6, 6.07) is 13.1. The van der Waals surface area contributed by atoms with E-state index in [1.54, 1.807) is 25.1 Å². The first kappa shape index (κ1) is 21.2. The van der Waals surface area contributed by atoms with Crippen LogP contribution in [0.4, 0.5) is 5.69 Å². The van der Waals surface area contributed by atoms with Crippen molar-refractivity contribution >= 4 is 17.1 Å².